The van der Waals surface area contributed by atoms with Crippen LogP contribution in [0.15, 0.2) is 115 Å². The van der Waals surface area contributed by atoms with E-state index in [1.807, 2.05) is 12.1 Å². The molecule has 0 aliphatic heterocycles. The van der Waals surface area contributed by atoms with Gasteiger partial charge in [-0.25, -0.2) is 0 Å². The Balaban J connectivity index is 0.000000190. The van der Waals surface area contributed by atoms with Crippen molar-refractivity contribution in [2.45, 2.75) is 39.8 Å². The van der Waals surface area contributed by atoms with Crippen molar-refractivity contribution in [2.24, 2.45) is 0 Å². The van der Waals surface area contributed by atoms with Crippen molar-refractivity contribution < 1.29 is 20.8 Å². The van der Waals surface area contributed by atoms with Gasteiger partial charge >= 0.3 is 37.9 Å². The third-order valence-corrected chi connectivity index (χ3v) is 6.92. The zero-order chi connectivity index (χ0) is 29.8. The van der Waals surface area contributed by atoms with Crippen LogP contribution in [0.2, 0.25) is 18.1 Å². The molecule has 0 aliphatic carbocycles. The van der Waals surface area contributed by atoms with E-state index in [1.54, 1.807) is 0 Å². The van der Waals surface area contributed by atoms with E-state index in [0.717, 1.165) is 19.9 Å². The summed E-state index contributed by atoms with van der Waals surface area (Å²) in [7, 11) is 11.0. The first-order valence-corrected chi connectivity index (χ1v) is 22.3. The number of aryl methyl sites for hydroxylation is 1. The molecule has 0 saturated carbocycles. The van der Waals surface area contributed by atoms with Crippen molar-refractivity contribution in [2.75, 3.05) is 0 Å². The summed E-state index contributed by atoms with van der Waals surface area (Å²) in [6, 6.07) is 40.7. The van der Waals surface area contributed by atoms with Gasteiger partial charge in [-0.05, 0) is 22.1 Å². The maximum absolute atomic E-state index is 6.23. The molecule has 5 heteroatoms. The topological polar surface area (TPSA) is 0 Å². The average Bonchev–Trinajstić information content (AvgIpc) is 3.60. The molecule has 6 rings (SSSR count). The summed E-state index contributed by atoms with van der Waals surface area (Å²) in [5, 5.41) is 5.92. The molecule has 2 radical (unpaired) electrons. The number of fused-ring (bicyclic) bond motifs is 2. The van der Waals surface area contributed by atoms with Crippen LogP contribution in [0, 0.1) is 6.92 Å². The van der Waals surface area contributed by atoms with Gasteiger partial charge in [0.15, 0.2) is 0 Å². The quantitative estimate of drug-likeness (QED) is 0.128. The molecule has 0 nitrogen and oxygen atoms in total. The molecule has 0 fully saturated rings. The molecule has 0 heterocycles. The number of rotatable bonds is 3. The summed E-state index contributed by atoms with van der Waals surface area (Å²) < 4.78 is 0. The number of benzene rings is 4. The molecule has 208 valence electrons. The minimum absolute atomic E-state index is 0.584. The number of hydrogen-bond acceptors (Lipinski definition) is 0. The second-order valence-corrected chi connectivity index (χ2v) is 15.1. The van der Waals surface area contributed by atoms with Gasteiger partial charge in [0.2, 0.25) is 0 Å². The van der Waals surface area contributed by atoms with Crippen LogP contribution < -0.4 is 0 Å². The molecule has 0 aromatic heterocycles. The van der Waals surface area contributed by atoms with Gasteiger partial charge < -0.3 is 0 Å². The average molecular weight is 693 g/mol. The third-order valence-electron chi connectivity index (χ3n) is 6.59. The van der Waals surface area contributed by atoms with Gasteiger partial charge in [0, 0.05) is 9.52 Å². The van der Waals surface area contributed by atoms with Crippen LogP contribution in [0.3, 0.4) is 0 Å². The molecule has 0 unspecified atom stereocenters. The zero-order valence-corrected chi connectivity index (χ0v) is 29.9. The zero-order valence-electron chi connectivity index (χ0n) is 24.2. The predicted molar refractivity (Wildman–Crippen MR) is 183 cm³/mol. The van der Waals surface area contributed by atoms with Crippen molar-refractivity contribution in [3.63, 3.8) is 0 Å². The van der Waals surface area contributed by atoms with E-state index in [-0.39, 0.29) is 0 Å². The summed E-state index contributed by atoms with van der Waals surface area (Å²) in [5.41, 5.74) is 7.79. The summed E-state index contributed by atoms with van der Waals surface area (Å²) in [6.07, 6.45) is 0. The Hall–Kier alpha value is -1.93. The van der Waals surface area contributed by atoms with E-state index in [4.69, 9.17) is 28.6 Å². The Bertz CT molecular complexity index is 1620. The first kappa shape index (κ1) is 33.6. The van der Waals surface area contributed by atoms with E-state index >= 15 is 0 Å². The Morgan fingerprint density at radius 1 is 0.683 bits per heavy atom. The van der Waals surface area contributed by atoms with Gasteiger partial charge in [-0.1, -0.05) is 124 Å². The number of hydrogen-bond donors (Lipinski definition) is 0. The van der Waals surface area contributed by atoms with E-state index in [0.29, 0.717) is 5.92 Å². The van der Waals surface area contributed by atoms with Gasteiger partial charge in [0.25, 0.3) is 0 Å². The summed E-state index contributed by atoms with van der Waals surface area (Å²) >= 11 is 5.40. The Kier molecular flexibility index (Phi) is 14.1. The Morgan fingerprint density at radius 2 is 1.22 bits per heavy atom. The molecule has 6 aromatic rings. The van der Waals surface area contributed by atoms with Crippen molar-refractivity contribution >= 4 is 59.7 Å². The van der Waals surface area contributed by atoms with Crippen LogP contribution in [0.4, 0.5) is 0 Å². The molecule has 0 aliphatic rings. The van der Waals surface area contributed by atoms with Gasteiger partial charge in [-0.15, -0.1) is 68.5 Å². The van der Waals surface area contributed by atoms with Crippen LogP contribution in [0.1, 0.15) is 30.9 Å². The molecular formula is C36H35Cl3SiZr. The summed E-state index contributed by atoms with van der Waals surface area (Å²) in [6.45, 7) is 10.9. The number of halogens is 3. The van der Waals surface area contributed by atoms with Crippen LogP contribution in [-0.4, -0.2) is 9.52 Å². The van der Waals surface area contributed by atoms with Gasteiger partial charge in [0.05, 0.1) is 0 Å². The first-order valence-electron chi connectivity index (χ1n) is 13.5. The standard InChI is InChI=1S/C18H17.C16H12Cl.C2H6Si.2ClH.Zr/c1-13(2)16-11-15-9-6-10-17(18(15)12-16)14-7-4-3-5-8-14;1-11-9-14-13(12-5-3-2-4-6-12)7-8-16(17)15(14)10-11;1-3-2;;;/h3-13H,1-2H3;2-10H,1H3;1-2H3;2*1H;/q2*-1;;;;+4/p-2. The second-order valence-electron chi connectivity index (χ2n) is 10.0. The summed E-state index contributed by atoms with van der Waals surface area (Å²) in [4.78, 5) is 0. The molecule has 41 heavy (non-hydrogen) atoms. The minimum atomic E-state index is -0.826. The normalized spacial score (nSPS) is 10.2. The van der Waals surface area contributed by atoms with E-state index in [9.17, 15) is 0 Å². The van der Waals surface area contributed by atoms with E-state index in [2.05, 4.69) is 137 Å². The fourth-order valence-electron chi connectivity index (χ4n) is 4.74. The molecule has 0 amide bonds. The van der Waals surface area contributed by atoms with Crippen LogP contribution in [0.25, 0.3) is 43.8 Å². The molecule has 0 spiro atoms. The first-order chi connectivity index (χ1) is 19.8. The fourth-order valence-corrected chi connectivity index (χ4v) is 4.96. The van der Waals surface area contributed by atoms with Gasteiger partial charge in [0.1, 0.15) is 0 Å². The van der Waals surface area contributed by atoms with Crippen LogP contribution >= 0.6 is 28.6 Å². The molecule has 0 saturated heterocycles. The van der Waals surface area contributed by atoms with Gasteiger partial charge in [-0.2, -0.15) is 12.1 Å². The third kappa shape index (κ3) is 9.28. The monoisotopic (exact) mass is 690 g/mol. The van der Waals surface area contributed by atoms with Crippen LogP contribution in [-0.2, 0) is 20.8 Å². The van der Waals surface area contributed by atoms with Crippen molar-refractivity contribution in [3.8, 4) is 22.3 Å². The van der Waals surface area contributed by atoms with Crippen molar-refractivity contribution in [3.05, 3.63) is 131 Å². The van der Waals surface area contributed by atoms with Gasteiger partial charge in [-0.3, -0.25) is 0 Å². The molecular weight excluding hydrogens is 658 g/mol. The van der Waals surface area contributed by atoms with E-state index < -0.39 is 20.8 Å². The van der Waals surface area contributed by atoms with E-state index in [1.165, 1.54) is 49.5 Å². The van der Waals surface area contributed by atoms with Crippen molar-refractivity contribution in [1.82, 2.24) is 0 Å². The summed E-state index contributed by atoms with van der Waals surface area (Å²) in [5.74, 6) is 0.584. The van der Waals surface area contributed by atoms with Crippen LogP contribution in [0.5, 0.6) is 0 Å². The fraction of sp³-hybridized carbons (Fsp3) is 0.167. The maximum atomic E-state index is 6.23. The molecule has 0 N–H and O–H groups in total. The molecule has 6 aromatic carbocycles. The predicted octanol–water partition coefficient (Wildman–Crippen LogP) is 12.7. The Labute approximate surface area is 271 Å². The SMILES string of the molecule is CC(C)c1cc2c(-c3ccccc3)cccc2[cH-]1.C[Si]C.Cc1cc2c(-c3ccccc3)ccc(Cl)c2[cH-]1.[Cl][Zr+2][Cl]. The molecule has 0 atom stereocenters. The Morgan fingerprint density at radius 3 is 1.76 bits per heavy atom. The second kappa shape index (κ2) is 17.3. The van der Waals surface area contributed by atoms with Crippen molar-refractivity contribution in [1.29, 1.82) is 0 Å². The molecule has 0 bridgehead atoms.